The molecule has 6 nitrogen and oxygen atoms in total. The summed E-state index contributed by atoms with van der Waals surface area (Å²) in [4.78, 5) is 31.0. The van der Waals surface area contributed by atoms with Crippen LogP contribution in [0.3, 0.4) is 0 Å². The number of rotatable bonds is 4. The van der Waals surface area contributed by atoms with Crippen LogP contribution in [-0.4, -0.2) is 29.0 Å². The summed E-state index contributed by atoms with van der Waals surface area (Å²) in [5, 5.41) is 2.82. The number of carbonyl (C=O) groups is 2. The molecule has 2 aromatic rings. The number of ether oxygens (including phenoxy) is 1. The molecule has 0 aliphatic rings. The van der Waals surface area contributed by atoms with Gasteiger partial charge in [0, 0.05) is 0 Å². The molecule has 2 heterocycles. The van der Waals surface area contributed by atoms with Crippen LogP contribution in [-0.2, 0) is 4.74 Å². The highest BCUT2D eigenvalue weighted by Gasteiger charge is 2.16. The van der Waals surface area contributed by atoms with Gasteiger partial charge in [-0.1, -0.05) is 0 Å². The Bertz CT molecular complexity index is 577. The number of amides is 1. The molecule has 2 aromatic heterocycles. The van der Waals surface area contributed by atoms with E-state index in [1.807, 2.05) is 6.92 Å². The average molecular weight is 279 g/mol. The van der Waals surface area contributed by atoms with Gasteiger partial charge in [-0.3, -0.25) is 4.79 Å². The van der Waals surface area contributed by atoms with Gasteiger partial charge < -0.3 is 15.0 Å². The van der Waals surface area contributed by atoms with Crippen LogP contribution < -0.4 is 5.32 Å². The van der Waals surface area contributed by atoms with Gasteiger partial charge in [0.2, 0.25) is 0 Å². The number of nitrogens with one attached hydrogen (secondary N) is 2. The third kappa shape index (κ3) is 3.00. The molecule has 0 aliphatic carbocycles. The number of hydrogen-bond acceptors (Lipinski definition) is 5. The summed E-state index contributed by atoms with van der Waals surface area (Å²) in [6, 6.07) is 3.00. The van der Waals surface area contributed by atoms with E-state index in [1.54, 1.807) is 24.7 Å². The maximum atomic E-state index is 12.0. The molecule has 0 radical (unpaired) electrons. The first kappa shape index (κ1) is 13.3. The minimum absolute atomic E-state index is 0.182. The summed E-state index contributed by atoms with van der Waals surface area (Å²) in [6.45, 7) is 1.85. The summed E-state index contributed by atoms with van der Waals surface area (Å²) in [5.74, 6) is -0.673. The van der Waals surface area contributed by atoms with Crippen LogP contribution in [0.25, 0.3) is 0 Å². The summed E-state index contributed by atoms with van der Waals surface area (Å²) >= 11 is 1.10. The van der Waals surface area contributed by atoms with E-state index in [4.69, 9.17) is 0 Å². The third-order valence-electron chi connectivity index (χ3n) is 2.55. The van der Waals surface area contributed by atoms with E-state index >= 15 is 0 Å². The van der Waals surface area contributed by atoms with Crippen molar-refractivity contribution in [2.24, 2.45) is 0 Å². The first-order chi connectivity index (χ1) is 9.11. The minimum Gasteiger partial charge on any atom is -0.465 e. The van der Waals surface area contributed by atoms with E-state index in [0.717, 1.165) is 17.0 Å². The Morgan fingerprint density at radius 1 is 1.42 bits per heavy atom. The first-order valence-electron chi connectivity index (χ1n) is 5.59. The zero-order chi connectivity index (χ0) is 13.8. The van der Waals surface area contributed by atoms with Crippen molar-refractivity contribution in [1.82, 2.24) is 15.3 Å². The Morgan fingerprint density at radius 2 is 2.16 bits per heavy atom. The molecule has 0 spiro atoms. The van der Waals surface area contributed by atoms with Crippen LogP contribution in [0.1, 0.15) is 38.0 Å². The van der Waals surface area contributed by atoms with Gasteiger partial charge in [-0.15, -0.1) is 11.3 Å². The highest BCUT2D eigenvalue weighted by atomic mass is 32.1. The molecule has 1 atom stereocenters. The zero-order valence-electron chi connectivity index (χ0n) is 10.5. The third-order valence-corrected chi connectivity index (χ3v) is 3.61. The van der Waals surface area contributed by atoms with E-state index in [1.165, 1.54) is 7.11 Å². The van der Waals surface area contributed by atoms with Gasteiger partial charge in [-0.25, -0.2) is 9.78 Å². The lowest BCUT2D eigenvalue weighted by molar-refractivity contribution is 0.0606. The molecule has 0 saturated carbocycles. The topological polar surface area (TPSA) is 84.1 Å². The lowest BCUT2D eigenvalue weighted by Gasteiger charge is -2.10. The molecular weight excluding hydrogens is 266 g/mol. The van der Waals surface area contributed by atoms with Gasteiger partial charge >= 0.3 is 5.97 Å². The van der Waals surface area contributed by atoms with Crippen LogP contribution in [0.15, 0.2) is 24.7 Å². The number of aromatic amines is 1. The molecule has 1 amide bonds. The number of carbonyl (C=O) groups excluding carboxylic acids is 2. The van der Waals surface area contributed by atoms with Crippen LogP contribution in [0, 0.1) is 0 Å². The SMILES string of the molecule is COC(=O)c1ccc(C(=O)NC(C)c2cnc[nH]2)s1. The monoisotopic (exact) mass is 279 g/mol. The first-order valence-corrected chi connectivity index (χ1v) is 6.40. The summed E-state index contributed by atoms with van der Waals surface area (Å²) in [5.41, 5.74) is 0.818. The Kier molecular flexibility index (Phi) is 3.96. The van der Waals surface area contributed by atoms with Crippen molar-refractivity contribution in [1.29, 1.82) is 0 Å². The number of H-pyrrole nitrogens is 1. The number of nitrogens with zero attached hydrogens (tertiary/aromatic N) is 1. The fourth-order valence-corrected chi connectivity index (χ4v) is 2.35. The molecule has 0 aromatic carbocycles. The van der Waals surface area contributed by atoms with Crippen molar-refractivity contribution in [2.45, 2.75) is 13.0 Å². The Morgan fingerprint density at radius 3 is 2.79 bits per heavy atom. The summed E-state index contributed by atoms with van der Waals surface area (Å²) in [6.07, 6.45) is 3.21. The van der Waals surface area contributed by atoms with Crippen molar-refractivity contribution in [3.8, 4) is 0 Å². The number of methoxy groups -OCH3 is 1. The normalized spacial score (nSPS) is 11.9. The fraction of sp³-hybridized carbons (Fsp3) is 0.250. The summed E-state index contributed by atoms with van der Waals surface area (Å²) < 4.78 is 4.60. The van der Waals surface area contributed by atoms with E-state index in [2.05, 4.69) is 20.0 Å². The number of thiophene rings is 1. The fourth-order valence-electron chi connectivity index (χ4n) is 1.52. The number of esters is 1. The van der Waals surface area contributed by atoms with Crippen molar-refractivity contribution in [3.05, 3.63) is 40.1 Å². The molecule has 2 rings (SSSR count). The van der Waals surface area contributed by atoms with Crippen molar-refractivity contribution in [2.75, 3.05) is 7.11 Å². The lowest BCUT2D eigenvalue weighted by atomic mass is 10.2. The molecule has 19 heavy (non-hydrogen) atoms. The van der Waals surface area contributed by atoms with E-state index < -0.39 is 5.97 Å². The van der Waals surface area contributed by atoms with Gasteiger partial charge in [0.1, 0.15) is 4.88 Å². The van der Waals surface area contributed by atoms with Gasteiger partial charge in [0.05, 0.1) is 36.2 Å². The van der Waals surface area contributed by atoms with Crippen LogP contribution in [0.4, 0.5) is 0 Å². The smallest absolute Gasteiger partial charge is 0.348 e. The van der Waals surface area contributed by atoms with E-state index in [-0.39, 0.29) is 11.9 Å². The highest BCUT2D eigenvalue weighted by Crippen LogP contribution is 2.18. The molecule has 1 unspecified atom stereocenters. The number of aromatic nitrogens is 2. The molecule has 0 bridgehead atoms. The van der Waals surface area contributed by atoms with Crippen molar-refractivity contribution in [3.63, 3.8) is 0 Å². The van der Waals surface area contributed by atoms with Gasteiger partial charge in [-0.2, -0.15) is 0 Å². The van der Waals surface area contributed by atoms with E-state index in [0.29, 0.717) is 9.75 Å². The number of imidazole rings is 1. The standard InChI is InChI=1S/C12H13N3O3S/c1-7(8-5-13-6-14-8)15-11(16)9-3-4-10(19-9)12(17)18-2/h3-7H,1-2H3,(H,13,14)(H,15,16). The maximum Gasteiger partial charge on any atom is 0.348 e. The van der Waals surface area contributed by atoms with E-state index in [9.17, 15) is 9.59 Å². The van der Waals surface area contributed by atoms with Gasteiger partial charge in [0.15, 0.2) is 0 Å². The zero-order valence-corrected chi connectivity index (χ0v) is 11.3. The predicted molar refractivity (Wildman–Crippen MR) is 70.1 cm³/mol. The quantitative estimate of drug-likeness (QED) is 0.835. The Labute approximate surface area is 113 Å². The maximum absolute atomic E-state index is 12.0. The number of hydrogen-bond donors (Lipinski definition) is 2. The molecule has 7 heteroatoms. The second kappa shape index (κ2) is 5.66. The second-order valence-corrected chi connectivity index (χ2v) is 4.94. The largest absolute Gasteiger partial charge is 0.465 e. The molecule has 100 valence electrons. The second-order valence-electron chi connectivity index (χ2n) is 3.86. The highest BCUT2D eigenvalue weighted by molar-refractivity contribution is 7.15. The Hall–Kier alpha value is -2.15. The predicted octanol–water partition coefficient (Wildman–Crippen LogP) is 1.75. The van der Waals surface area contributed by atoms with Crippen molar-refractivity contribution < 1.29 is 14.3 Å². The summed E-state index contributed by atoms with van der Waals surface area (Å²) in [7, 11) is 1.31. The molecule has 2 N–H and O–H groups in total. The van der Waals surface area contributed by atoms with Gasteiger partial charge in [-0.05, 0) is 19.1 Å². The van der Waals surface area contributed by atoms with Crippen LogP contribution in [0.2, 0.25) is 0 Å². The molecule has 0 fully saturated rings. The van der Waals surface area contributed by atoms with Crippen LogP contribution in [0.5, 0.6) is 0 Å². The van der Waals surface area contributed by atoms with Crippen LogP contribution >= 0.6 is 11.3 Å². The minimum atomic E-state index is -0.439. The average Bonchev–Trinajstić information content (AvgIpc) is 3.08. The molecule has 0 saturated heterocycles. The van der Waals surface area contributed by atoms with Crippen molar-refractivity contribution >= 4 is 23.2 Å². The lowest BCUT2D eigenvalue weighted by Crippen LogP contribution is -2.26. The molecule has 0 aliphatic heterocycles. The Balaban J connectivity index is 2.04. The molecular formula is C12H13N3O3S. The van der Waals surface area contributed by atoms with Gasteiger partial charge in [0.25, 0.3) is 5.91 Å².